The van der Waals surface area contributed by atoms with Gasteiger partial charge in [0.1, 0.15) is 0 Å². The molecule has 8 bridgehead atoms. The van der Waals surface area contributed by atoms with Crippen molar-refractivity contribution < 1.29 is 5.11 Å². The second kappa shape index (κ2) is 7.47. The maximum absolute atomic E-state index is 11.4. The third-order valence-electron chi connectivity index (χ3n) is 12.9. The van der Waals surface area contributed by atoms with Gasteiger partial charge in [0.05, 0.1) is 6.10 Å². The highest BCUT2D eigenvalue weighted by atomic mass is 16.3. The van der Waals surface area contributed by atoms with Gasteiger partial charge >= 0.3 is 0 Å². The van der Waals surface area contributed by atoms with E-state index in [1.807, 2.05) is 11.1 Å². The third-order valence-corrected chi connectivity index (χ3v) is 12.9. The zero-order chi connectivity index (χ0) is 23.1. The van der Waals surface area contributed by atoms with Crippen molar-refractivity contribution in [1.29, 1.82) is 0 Å². The average molecular weight is 439 g/mol. The van der Waals surface area contributed by atoms with Gasteiger partial charge in [-0.3, -0.25) is 0 Å². The van der Waals surface area contributed by atoms with Gasteiger partial charge in [0, 0.05) is 0 Å². The minimum absolute atomic E-state index is 0.0574. The topological polar surface area (TPSA) is 20.2 Å². The smallest absolute Gasteiger partial charge is 0.0597 e. The van der Waals surface area contributed by atoms with E-state index in [2.05, 4.69) is 48.5 Å². The van der Waals surface area contributed by atoms with Crippen molar-refractivity contribution in [3.8, 4) is 0 Å². The highest BCUT2D eigenvalue weighted by Gasteiger charge is 2.63. The lowest BCUT2D eigenvalue weighted by atomic mass is 9.42. The van der Waals surface area contributed by atoms with Crippen LogP contribution in [0, 0.1) is 39.4 Å². The molecule has 0 saturated heterocycles. The van der Waals surface area contributed by atoms with E-state index in [0.717, 1.165) is 18.3 Å². The Balaban J connectivity index is 1.68. The zero-order valence-electron chi connectivity index (χ0n) is 22.2. The zero-order valence-corrected chi connectivity index (χ0v) is 22.2. The largest absolute Gasteiger partial charge is 0.393 e. The van der Waals surface area contributed by atoms with Crippen LogP contribution in [0.1, 0.15) is 126 Å². The summed E-state index contributed by atoms with van der Waals surface area (Å²) in [6.07, 6.45) is 15.3. The first-order valence-corrected chi connectivity index (χ1v) is 14.0. The summed E-state index contributed by atoms with van der Waals surface area (Å²) in [6, 6.07) is 0. The number of hydrogen-bond donors (Lipinski definition) is 1. The van der Waals surface area contributed by atoms with E-state index in [1.165, 1.54) is 70.6 Å². The molecular formula is C31H50O. The Morgan fingerprint density at radius 3 is 2.25 bits per heavy atom. The van der Waals surface area contributed by atoms with Crippen molar-refractivity contribution in [1.82, 2.24) is 0 Å². The molecule has 0 aromatic heterocycles. The van der Waals surface area contributed by atoms with Gasteiger partial charge in [-0.05, 0) is 130 Å². The van der Waals surface area contributed by atoms with Gasteiger partial charge in [-0.25, -0.2) is 0 Å². The van der Waals surface area contributed by atoms with E-state index in [1.54, 1.807) is 11.1 Å². The molecule has 0 radical (unpaired) electrons. The minimum Gasteiger partial charge on any atom is -0.393 e. The molecule has 180 valence electrons. The molecule has 0 heterocycles. The summed E-state index contributed by atoms with van der Waals surface area (Å²) in [7, 11) is 0. The third kappa shape index (κ3) is 2.91. The van der Waals surface area contributed by atoms with Crippen LogP contribution in [0.25, 0.3) is 0 Å². The molecule has 8 atom stereocenters. The predicted octanol–water partition coefficient (Wildman–Crippen LogP) is 8.62. The van der Waals surface area contributed by atoms with Crippen molar-refractivity contribution in [2.24, 2.45) is 39.4 Å². The van der Waals surface area contributed by atoms with Crippen molar-refractivity contribution in [3.05, 3.63) is 22.3 Å². The molecular weight excluding hydrogens is 388 g/mol. The number of aliphatic hydroxyl groups excluding tert-OH is 1. The lowest BCUT2D eigenvalue weighted by Gasteiger charge is -2.63. The fraction of sp³-hybridized carbons (Fsp3) is 0.871. The second-order valence-corrected chi connectivity index (χ2v) is 14.0. The summed E-state index contributed by atoms with van der Waals surface area (Å²) in [5.74, 6) is 2.34. The molecule has 0 amide bonds. The van der Waals surface area contributed by atoms with Crippen molar-refractivity contribution in [2.45, 2.75) is 132 Å². The molecule has 4 saturated carbocycles. The molecule has 0 aromatic rings. The van der Waals surface area contributed by atoms with Gasteiger partial charge in [0.25, 0.3) is 0 Å². The summed E-state index contributed by atoms with van der Waals surface area (Å²) in [5.41, 5.74) is 8.26. The van der Waals surface area contributed by atoms with Crippen molar-refractivity contribution in [2.75, 3.05) is 0 Å². The van der Waals surface area contributed by atoms with E-state index in [0.29, 0.717) is 22.2 Å². The highest BCUT2D eigenvalue weighted by molar-refractivity contribution is 5.39. The summed E-state index contributed by atoms with van der Waals surface area (Å²) in [5, 5.41) is 11.4. The van der Waals surface area contributed by atoms with E-state index < -0.39 is 0 Å². The maximum atomic E-state index is 11.4. The Labute approximate surface area is 198 Å². The van der Waals surface area contributed by atoms with E-state index in [4.69, 9.17) is 0 Å². The first-order chi connectivity index (χ1) is 15.0. The Kier molecular flexibility index (Phi) is 5.41. The Morgan fingerprint density at radius 1 is 0.781 bits per heavy atom. The van der Waals surface area contributed by atoms with Gasteiger partial charge < -0.3 is 5.11 Å². The molecule has 1 nitrogen and oxygen atoms in total. The van der Waals surface area contributed by atoms with Crippen LogP contribution >= 0.6 is 0 Å². The summed E-state index contributed by atoms with van der Waals surface area (Å²) in [4.78, 5) is 0. The number of aliphatic hydroxyl groups is 1. The van der Waals surface area contributed by atoms with Crippen LogP contribution in [0.4, 0.5) is 0 Å². The molecule has 4 fully saturated rings. The molecule has 1 heteroatoms. The molecule has 7 aliphatic rings. The Morgan fingerprint density at radius 2 is 1.53 bits per heavy atom. The van der Waals surface area contributed by atoms with Crippen LogP contribution in [-0.4, -0.2) is 11.2 Å². The highest BCUT2D eigenvalue weighted by Crippen LogP contribution is 2.73. The molecule has 7 rings (SSSR count). The summed E-state index contributed by atoms with van der Waals surface area (Å²) >= 11 is 0. The Hall–Kier alpha value is -0.560. The molecule has 0 aromatic carbocycles. The first-order valence-electron chi connectivity index (χ1n) is 14.0. The number of rotatable bonds is 0. The van der Waals surface area contributed by atoms with Crippen LogP contribution in [0.3, 0.4) is 0 Å². The van der Waals surface area contributed by atoms with E-state index in [-0.39, 0.29) is 11.5 Å². The van der Waals surface area contributed by atoms with Crippen LogP contribution in [0.15, 0.2) is 22.3 Å². The lowest BCUT2D eigenvalue weighted by Crippen LogP contribution is -2.56. The molecule has 32 heavy (non-hydrogen) atoms. The number of hydrogen-bond acceptors (Lipinski definition) is 1. The van der Waals surface area contributed by atoms with Gasteiger partial charge in [-0.15, -0.1) is 0 Å². The fourth-order valence-electron chi connectivity index (χ4n) is 10.4. The molecule has 7 aliphatic carbocycles. The first kappa shape index (κ1) is 23.2. The summed E-state index contributed by atoms with van der Waals surface area (Å²) < 4.78 is 0. The lowest BCUT2D eigenvalue weighted by molar-refractivity contribution is -0.111. The SMILES string of the molecule is CC(C)=C1CC[C@@H](C)[C@H]2CC[C@@]3(C)C4=C(CC[C@@]23C)[C@@]2(C)CCC(O)C(C)(CC1)C2CC4. The van der Waals surface area contributed by atoms with Crippen LogP contribution in [0.2, 0.25) is 0 Å². The van der Waals surface area contributed by atoms with E-state index >= 15 is 0 Å². The quantitative estimate of drug-likeness (QED) is 0.375. The fourth-order valence-corrected chi connectivity index (χ4v) is 10.4. The van der Waals surface area contributed by atoms with Gasteiger partial charge in [0.2, 0.25) is 0 Å². The monoisotopic (exact) mass is 438 g/mol. The van der Waals surface area contributed by atoms with Crippen LogP contribution in [-0.2, 0) is 0 Å². The second-order valence-electron chi connectivity index (χ2n) is 14.0. The van der Waals surface area contributed by atoms with E-state index in [9.17, 15) is 5.11 Å². The molecule has 1 N–H and O–H groups in total. The average Bonchev–Trinajstić information content (AvgIpc) is 3.01. The van der Waals surface area contributed by atoms with Crippen molar-refractivity contribution >= 4 is 0 Å². The standard InChI is InChI=1S/C31H50O/c1-20(2)22-9-8-21(3)23-13-18-31(7)25-10-11-26-28(4,24(25)14-19-30(23,31)6)17-15-27(32)29(26,5)16-12-22/h21,23,26-27,32H,8-19H2,1-7H3/t21-,23-,26?,27?,28-,29?,30+,31+/m1/s1. The Bertz CT molecular complexity index is 845. The summed E-state index contributed by atoms with van der Waals surface area (Å²) in [6.45, 7) is 17.7. The number of fused-ring (bicyclic) bond motifs is 2. The van der Waals surface area contributed by atoms with Gasteiger partial charge in [0.15, 0.2) is 0 Å². The van der Waals surface area contributed by atoms with Gasteiger partial charge in [-0.2, -0.15) is 0 Å². The van der Waals surface area contributed by atoms with Gasteiger partial charge in [-0.1, -0.05) is 56.9 Å². The normalized spacial score (nSPS) is 51.2. The predicted molar refractivity (Wildman–Crippen MR) is 135 cm³/mol. The van der Waals surface area contributed by atoms with Crippen LogP contribution < -0.4 is 0 Å². The van der Waals surface area contributed by atoms with Crippen LogP contribution in [0.5, 0.6) is 0 Å². The van der Waals surface area contributed by atoms with Crippen molar-refractivity contribution in [3.63, 3.8) is 0 Å². The molecule has 3 unspecified atom stereocenters. The molecule has 0 aliphatic heterocycles. The number of allylic oxidation sites excluding steroid dienone is 4. The minimum atomic E-state index is -0.131. The molecule has 0 spiro atoms. The maximum Gasteiger partial charge on any atom is 0.0597 e.